The normalized spacial score (nSPS) is 10.8. The molecule has 0 radical (unpaired) electrons. The summed E-state index contributed by atoms with van der Waals surface area (Å²) in [5, 5.41) is 11.1. The van der Waals surface area contributed by atoms with Crippen molar-refractivity contribution in [3.63, 3.8) is 0 Å². The van der Waals surface area contributed by atoms with Crippen LogP contribution in [0.4, 0.5) is 6.01 Å². The fourth-order valence-electron chi connectivity index (χ4n) is 1.44. The van der Waals surface area contributed by atoms with Crippen LogP contribution in [0.15, 0.2) is 16.5 Å². The molecule has 5 nitrogen and oxygen atoms in total. The van der Waals surface area contributed by atoms with Gasteiger partial charge in [0.25, 0.3) is 0 Å². The molecule has 0 atom stereocenters. The van der Waals surface area contributed by atoms with Gasteiger partial charge in [0.15, 0.2) is 0 Å². The number of hydrogen-bond acceptors (Lipinski definition) is 6. The maximum atomic E-state index is 5.89. The van der Waals surface area contributed by atoms with E-state index in [1.807, 2.05) is 31.0 Å². The van der Waals surface area contributed by atoms with Crippen LogP contribution in [0.25, 0.3) is 0 Å². The molecule has 0 saturated carbocycles. The average molecular weight is 287 g/mol. The van der Waals surface area contributed by atoms with Crippen LogP contribution in [0, 0.1) is 0 Å². The van der Waals surface area contributed by atoms with Gasteiger partial charge in [0.1, 0.15) is 0 Å². The van der Waals surface area contributed by atoms with Gasteiger partial charge in [-0.2, -0.15) is 0 Å². The van der Waals surface area contributed by atoms with Gasteiger partial charge in [-0.1, -0.05) is 23.6 Å². The Morgan fingerprint density at radius 3 is 2.94 bits per heavy atom. The third-order valence-corrected chi connectivity index (χ3v) is 3.55. The Hall–Kier alpha value is -1.11. The first-order valence-corrected chi connectivity index (χ1v) is 6.87. The third kappa shape index (κ3) is 3.44. The number of anilines is 1. The van der Waals surface area contributed by atoms with Gasteiger partial charge in [-0.05, 0) is 18.7 Å². The molecular weight excluding hydrogens is 272 g/mol. The van der Waals surface area contributed by atoms with Gasteiger partial charge in [-0.25, -0.2) is 0 Å². The summed E-state index contributed by atoms with van der Waals surface area (Å²) >= 11 is 7.44. The number of nitrogens with one attached hydrogen (secondary N) is 1. The molecule has 2 aromatic rings. The zero-order valence-electron chi connectivity index (χ0n) is 10.3. The summed E-state index contributed by atoms with van der Waals surface area (Å²) < 4.78 is 6.33. The van der Waals surface area contributed by atoms with Crippen LogP contribution >= 0.6 is 22.9 Å². The lowest BCUT2D eigenvalue weighted by Crippen LogP contribution is -2.15. The van der Waals surface area contributed by atoms with Gasteiger partial charge in [-0.3, -0.25) is 0 Å². The van der Waals surface area contributed by atoms with Crippen LogP contribution in [-0.2, 0) is 13.1 Å². The van der Waals surface area contributed by atoms with E-state index in [0.29, 0.717) is 25.0 Å². The second-order valence-corrected chi connectivity index (χ2v) is 5.62. The molecule has 0 unspecified atom stereocenters. The Balaban J connectivity index is 1.96. The minimum atomic E-state index is 0.521. The Labute approximate surface area is 115 Å². The minimum absolute atomic E-state index is 0.521. The molecule has 18 heavy (non-hydrogen) atoms. The lowest BCUT2D eigenvalue weighted by Gasteiger charge is -2.11. The molecule has 0 aliphatic carbocycles. The highest BCUT2D eigenvalue weighted by Crippen LogP contribution is 2.23. The molecule has 0 fully saturated rings. The quantitative estimate of drug-likeness (QED) is 0.884. The average Bonchev–Trinajstić information content (AvgIpc) is 2.96. The van der Waals surface area contributed by atoms with Crippen molar-refractivity contribution in [3.05, 3.63) is 27.2 Å². The molecule has 0 aliphatic heterocycles. The molecule has 0 bridgehead atoms. The SMILES string of the molecule is CCNCc1nnc(N(C)Cc2ccc(Cl)s2)o1. The summed E-state index contributed by atoms with van der Waals surface area (Å²) in [7, 11) is 1.91. The largest absolute Gasteiger partial charge is 0.407 e. The van der Waals surface area contributed by atoms with Gasteiger partial charge in [-0.15, -0.1) is 16.4 Å². The summed E-state index contributed by atoms with van der Waals surface area (Å²) in [6.07, 6.45) is 0. The van der Waals surface area contributed by atoms with E-state index in [1.54, 1.807) is 11.3 Å². The maximum absolute atomic E-state index is 5.89. The van der Waals surface area contributed by atoms with Gasteiger partial charge in [0.2, 0.25) is 5.89 Å². The first-order valence-electron chi connectivity index (χ1n) is 5.67. The van der Waals surface area contributed by atoms with E-state index in [4.69, 9.17) is 16.0 Å². The Kier molecular flexibility index (Phi) is 4.57. The van der Waals surface area contributed by atoms with Crippen molar-refractivity contribution >= 4 is 29.0 Å². The summed E-state index contributed by atoms with van der Waals surface area (Å²) in [5.74, 6) is 0.600. The monoisotopic (exact) mass is 286 g/mol. The van der Waals surface area contributed by atoms with E-state index < -0.39 is 0 Å². The lowest BCUT2D eigenvalue weighted by molar-refractivity contribution is 0.469. The molecule has 0 aliphatic rings. The van der Waals surface area contributed by atoms with E-state index in [2.05, 4.69) is 15.5 Å². The van der Waals surface area contributed by atoms with E-state index in [1.165, 1.54) is 0 Å². The molecule has 1 N–H and O–H groups in total. The second-order valence-electron chi connectivity index (χ2n) is 3.82. The standard InChI is InChI=1S/C11H15ClN4OS/c1-3-13-6-10-14-15-11(17-10)16(2)7-8-4-5-9(12)18-8/h4-5,13H,3,6-7H2,1-2H3. The zero-order valence-corrected chi connectivity index (χ0v) is 11.9. The van der Waals surface area contributed by atoms with Gasteiger partial charge < -0.3 is 14.6 Å². The van der Waals surface area contributed by atoms with Crippen molar-refractivity contribution in [3.8, 4) is 0 Å². The van der Waals surface area contributed by atoms with Gasteiger partial charge in [0.05, 0.1) is 17.4 Å². The van der Waals surface area contributed by atoms with E-state index in [9.17, 15) is 0 Å². The third-order valence-electron chi connectivity index (χ3n) is 2.33. The molecule has 7 heteroatoms. The van der Waals surface area contributed by atoms with Crippen molar-refractivity contribution in [2.75, 3.05) is 18.5 Å². The summed E-state index contributed by atoms with van der Waals surface area (Å²) in [6, 6.07) is 4.41. The highest BCUT2D eigenvalue weighted by atomic mass is 35.5. The fraction of sp³-hybridized carbons (Fsp3) is 0.455. The molecule has 0 spiro atoms. The van der Waals surface area contributed by atoms with Crippen molar-refractivity contribution in [1.82, 2.24) is 15.5 Å². The van der Waals surface area contributed by atoms with Gasteiger partial charge >= 0.3 is 6.01 Å². The van der Waals surface area contributed by atoms with Crippen LogP contribution in [0.2, 0.25) is 4.34 Å². The Morgan fingerprint density at radius 1 is 1.44 bits per heavy atom. The highest BCUT2D eigenvalue weighted by Gasteiger charge is 2.11. The second kappa shape index (κ2) is 6.17. The lowest BCUT2D eigenvalue weighted by atomic mass is 10.4. The Morgan fingerprint density at radius 2 is 2.28 bits per heavy atom. The predicted molar refractivity (Wildman–Crippen MR) is 73.1 cm³/mol. The topological polar surface area (TPSA) is 54.2 Å². The molecule has 0 amide bonds. The smallest absolute Gasteiger partial charge is 0.318 e. The zero-order chi connectivity index (χ0) is 13.0. The van der Waals surface area contributed by atoms with Crippen molar-refractivity contribution in [2.24, 2.45) is 0 Å². The molecular formula is C11H15ClN4OS. The number of nitrogens with zero attached hydrogens (tertiary/aromatic N) is 3. The van der Waals surface area contributed by atoms with Crippen LogP contribution in [0.3, 0.4) is 0 Å². The first kappa shape index (κ1) is 13.3. The molecule has 0 saturated heterocycles. The number of rotatable bonds is 6. The number of halogens is 1. The van der Waals surface area contributed by atoms with Crippen LogP contribution in [0.1, 0.15) is 17.7 Å². The van der Waals surface area contributed by atoms with E-state index >= 15 is 0 Å². The van der Waals surface area contributed by atoms with E-state index in [0.717, 1.165) is 15.8 Å². The van der Waals surface area contributed by atoms with Crippen molar-refractivity contribution in [2.45, 2.75) is 20.0 Å². The van der Waals surface area contributed by atoms with Gasteiger partial charge in [0, 0.05) is 11.9 Å². The molecule has 2 rings (SSSR count). The van der Waals surface area contributed by atoms with E-state index in [-0.39, 0.29) is 0 Å². The minimum Gasteiger partial charge on any atom is -0.407 e. The molecule has 2 aromatic heterocycles. The Bertz CT molecular complexity index is 499. The molecule has 0 aromatic carbocycles. The van der Waals surface area contributed by atoms with Crippen LogP contribution < -0.4 is 10.2 Å². The van der Waals surface area contributed by atoms with Crippen molar-refractivity contribution < 1.29 is 4.42 Å². The first-order chi connectivity index (χ1) is 8.69. The summed E-state index contributed by atoms with van der Waals surface area (Å²) in [6.45, 7) is 4.22. The number of aromatic nitrogens is 2. The number of thiophene rings is 1. The predicted octanol–water partition coefficient (Wildman–Crippen LogP) is 2.53. The molecule has 2 heterocycles. The molecule has 98 valence electrons. The number of hydrogen-bond donors (Lipinski definition) is 1. The maximum Gasteiger partial charge on any atom is 0.318 e. The van der Waals surface area contributed by atoms with Crippen molar-refractivity contribution in [1.29, 1.82) is 0 Å². The highest BCUT2D eigenvalue weighted by molar-refractivity contribution is 7.16. The van der Waals surface area contributed by atoms with Crippen LogP contribution in [0.5, 0.6) is 0 Å². The fourth-order valence-corrected chi connectivity index (χ4v) is 2.58. The summed E-state index contributed by atoms with van der Waals surface area (Å²) in [4.78, 5) is 3.07. The summed E-state index contributed by atoms with van der Waals surface area (Å²) in [5.41, 5.74) is 0. The van der Waals surface area contributed by atoms with Crippen LogP contribution in [-0.4, -0.2) is 23.8 Å².